The predicted octanol–water partition coefficient (Wildman–Crippen LogP) is 12.4. The van der Waals surface area contributed by atoms with Crippen LogP contribution in [0.3, 0.4) is 0 Å². The highest BCUT2D eigenvalue weighted by atomic mass is 16.5. The van der Waals surface area contributed by atoms with Crippen LogP contribution in [0.5, 0.6) is 11.5 Å². The number of fused-ring (bicyclic) bond motifs is 3. The lowest BCUT2D eigenvalue weighted by Crippen LogP contribution is -2.13. The molecule has 3 heterocycles. The summed E-state index contributed by atoms with van der Waals surface area (Å²) in [7, 11) is 0. The van der Waals surface area contributed by atoms with Crippen molar-refractivity contribution in [2.45, 2.75) is 87.0 Å². The summed E-state index contributed by atoms with van der Waals surface area (Å²) in [5.74, 6) is 3.33. The van der Waals surface area contributed by atoms with Gasteiger partial charge in [-0.1, -0.05) is 84.9 Å². The molecule has 7 rings (SSSR count). The number of hydrogen-bond acceptors (Lipinski definition) is 3. The number of aromatic nitrogens is 4. The first-order chi connectivity index (χ1) is 24.3. The Kier molecular flexibility index (Phi) is 8.87. The van der Waals surface area contributed by atoms with Crippen LogP contribution in [0.15, 0.2) is 97.2 Å². The lowest BCUT2D eigenvalue weighted by Gasteiger charge is -2.22. The van der Waals surface area contributed by atoms with Crippen LogP contribution in [0.4, 0.5) is 0 Å². The number of para-hydroxylation sites is 1. The van der Waals surface area contributed by atoms with Gasteiger partial charge in [0.2, 0.25) is 0 Å². The molecule has 0 amide bonds. The highest BCUT2D eigenvalue weighted by Gasteiger charge is 2.24. The van der Waals surface area contributed by atoms with Crippen LogP contribution in [-0.2, 0) is 11.8 Å². The Morgan fingerprint density at radius 2 is 1.43 bits per heavy atom. The molecule has 0 spiro atoms. The Hall–Kier alpha value is -5.16. The average Bonchev–Trinajstić information content (AvgIpc) is 3.57. The van der Waals surface area contributed by atoms with Crippen LogP contribution in [0.25, 0.3) is 44.4 Å². The molecule has 0 aliphatic heterocycles. The van der Waals surface area contributed by atoms with Crippen molar-refractivity contribution in [1.29, 1.82) is 0 Å². The molecule has 260 valence electrons. The zero-order chi connectivity index (χ0) is 36.2. The van der Waals surface area contributed by atoms with Crippen molar-refractivity contribution in [3.63, 3.8) is 0 Å². The number of benzene rings is 4. The van der Waals surface area contributed by atoms with Gasteiger partial charge in [-0.3, -0.25) is 4.57 Å². The topological polar surface area (TPSA) is 44.9 Å². The fourth-order valence-corrected chi connectivity index (χ4v) is 7.41. The van der Waals surface area contributed by atoms with Crippen molar-refractivity contribution in [2.75, 3.05) is 0 Å². The normalized spacial score (nSPS) is 12.2. The first-order valence-corrected chi connectivity index (χ1v) is 18.3. The minimum absolute atomic E-state index is 0.104. The third-order valence-electron chi connectivity index (χ3n) is 10.0. The molecule has 4 aromatic carbocycles. The Morgan fingerprint density at radius 1 is 0.706 bits per heavy atom. The fraction of sp³-hybridized carbons (Fsp3) is 0.304. The average molecular weight is 675 g/mol. The Labute approximate surface area is 302 Å². The second kappa shape index (κ2) is 13.2. The van der Waals surface area contributed by atoms with E-state index in [2.05, 4.69) is 169 Å². The quantitative estimate of drug-likeness (QED) is 0.161. The van der Waals surface area contributed by atoms with Gasteiger partial charge in [0.05, 0.1) is 28.1 Å². The molecule has 3 aromatic heterocycles. The fourth-order valence-electron chi connectivity index (χ4n) is 7.41. The lowest BCUT2D eigenvalue weighted by atomic mass is 9.86. The highest BCUT2D eigenvalue weighted by molar-refractivity contribution is 6.09. The van der Waals surface area contributed by atoms with E-state index in [4.69, 9.17) is 14.8 Å². The molecular weight excluding hydrogens is 625 g/mol. The van der Waals surface area contributed by atoms with Crippen molar-refractivity contribution in [1.82, 2.24) is 19.3 Å². The molecule has 5 heteroatoms. The summed E-state index contributed by atoms with van der Waals surface area (Å²) >= 11 is 0. The molecular formula is C46H50N4O. The van der Waals surface area contributed by atoms with Crippen molar-refractivity contribution < 1.29 is 4.74 Å². The Balaban J connectivity index is 1.38. The van der Waals surface area contributed by atoms with Crippen LogP contribution in [0, 0.1) is 26.7 Å². The van der Waals surface area contributed by atoms with Crippen molar-refractivity contribution in [3.8, 4) is 34.1 Å². The largest absolute Gasteiger partial charge is 0.457 e. The first kappa shape index (κ1) is 34.3. The third kappa shape index (κ3) is 6.46. The second-order valence-corrected chi connectivity index (χ2v) is 15.9. The molecule has 0 unspecified atom stereocenters. The minimum Gasteiger partial charge on any atom is -0.457 e. The van der Waals surface area contributed by atoms with Gasteiger partial charge >= 0.3 is 0 Å². The molecule has 0 saturated carbocycles. The number of aryl methyl sites for hydroxylation is 3. The summed E-state index contributed by atoms with van der Waals surface area (Å²) in [4.78, 5) is 4.84. The lowest BCUT2D eigenvalue weighted by molar-refractivity contribution is 0.478. The molecule has 5 nitrogen and oxygen atoms in total. The monoisotopic (exact) mass is 674 g/mol. The van der Waals surface area contributed by atoms with Crippen LogP contribution < -0.4 is 4.74 Å². The standard InChI is InChI=1S/C46H50N4O/c1-28(2)22-42-45(44-30(5)14-13-15-31(44)6)32(7)48-50(42)35-24-34(46(8,9)10)25-37(26-35)51-36-18-19-39-38-16-11-12-17-40(38)49(41(39)27-36)43-23-33(29(3)4)20-21-47-43/h11-21,23-29H,22H2,1-10H3. The third-order valence-corrected chi connectivity index (χ3v) is 10.0. The van der Waals surface area contributed by atoms with E-state index in [-0.39, 0.29) is 5.41 Å². The molecule has 0 aliphatic carbocycles. The number of hydrogen-bond donors (Lipinski definition) is 0. The number of rotatable bonds is 8. The van der Waals surface area contributed by atoms with E-state index in [0.717, 1.165) is 46.2 Å². The van der Waals surface area contributed by atoms with E-state index in [1.807, 2.05) is 6.20 Å². The van der Waals surface area contributed by atoms with E-state index in [9.17, 15) is 0 Å². The van der Waals surface area contributed by atoms with Crippen molar-refractivity contribution >= 4 is 21.8 Å². The molecule has 0 atom stereocenters. The van der Waals surface area contributed by atoms with Gasteiger partial charge in [-0.2, -0.15) is 5.10 Å². The van der Waals surface area contributed by atoms with Gasteiger partial charge in [0.25, 0.3) is 0 Å². The van der Waals surface area contributed by atoms with Gasteiger partial charge in [-0.05, 0) is 115 Å². The Bertz CT molecular complexity index is 2380. The second-order valence-electron chi connectivity index (χ2n) is 15.9. The molecule has 0 radical (unpaired) electrons. The van der Waals surface area contributed by atoms with Gasteiger partial charge in [-0.15, -0.1) is 0 Å². The zero-order valence-corrected chi connectivity index (χ0v) is 31.8. The van der Waals surface area contributed by atoms with Gasteiger partial charge in [0, 0.05) is 34.7 Å². The maximum atomic E-state index is 6.84. The van der Waals surface area contributed by atoms with Crippen molar-refractivity contribution in [3.05, 3.63) is 131 Å². The molecule has 0 N–H and O–H groups in total. The molecule has 0 fully saturated rings. The summed E-state index contributed by atoms with van der Waals surface area (Å²) in [6.07, 6.45) is 2.83. The van der Waals surface area contributed by atoms with Crippen LogP contribution in [0.2, 0.25) is 0 Å². The number of pyridine rings is 1. The SMILES string of the molecule is Cc1cccc(C)c1-c1c(C)nn(-c2cc(Oc3ccc4c5ccccc5n(-c5cc(C(C)C)ccn5)c4c3)cc(C(C)(C)C)c2)c1CC(C)C. The number of ether oxygens (including phenoxy) is 1. The maximum absolute atomic E-state index is 6.84. The first-order valence-electron chi connectivity index (χ1n) is 18.3. The van der Waals surface area contributed by atoms with Crippen LogP contribution >= 0.6 is 0 Å². The van der Waals surface area contributed by atoms with E-state index in [1.54, 1.807) is 0 Å². The summed E-state index contributed by atoms with van der Waals surface area (Å²) < 4.78 is 11.3. The maximum Gasteiger partial charge on any atom is 0.137 e. The summed E-state index contributed by atoms with van der Waals surface area (Å²) in [5.41, 5.74) is 12.9. The molecule has 0 aliphatic rings. The zero-order valence-electron chi connectivity index (χ0n) is 31.8. The summed E-state index contributed by atoms with van der Waals surface area (Å²) in [5, 5.41) is 7.61. The van der Waals surface area contributed by atoms with Gasteiger partial charge in [0.1, 0.15) is 17.3 Å². The smallest absolute Gasteiger partial charge is 0.137 e. The molecule has 51 heavy (non-hydrogen) atoms. The van der Waals surface area contributed by atoms with Crippen molar-refractivity contribution in [2.24, 2.45) is 5.92 Å². The predicted molar refractivity (Wildman–Crippen MR) is 213 cm³/mol. The Morgan fingerprint density at radius 3 is 2.14 bits per heavy atom. The van der Waals surface area contributed by atoms with Crippen LogP contribution in [0.1, 0.15) is 88.0 Å². The van der Waals surface area contributed by atoms with E-state index < -0.39 is 0 Å². The highest BCUT2D eigenvalue weighted by Crippen LogP contribution is 2.39. The number of nitrogens with zero attached hydrogens (tertiary/aromatic N) is 4. The van der Waals surface area contributed by atoms with Crippen LogP contribution in [-0.4, -0.2) is 19.3 Å². The molecule has 7 aromatic rings. The molecule has 0 bridgehead atoms. The van der Waals surface area contributed by atoms with Gasteiger partial charge < -0.3 is 4.74 Å². The molecule has 0 saturated heterocycles. The van der Waals surface area contributed by atoms with E-state index >= 15 is 0 Å². The van der Waals surface area contributed by atoms with Gasteiger partial charge in [0.15, 0.2) is 0 Å². The van der Waals surface area contributed by atoms with Gasteiger partial charge in [-0.25, -0.2) is 9.67 Å². The summed E-state index contributed by atoms with van der Waals surface area (Å²) in [6, 6.07) is 32.5. The minimum atomic E-state index is -0.104. The van der Waals surface area contributed by atoms with E-state index in [0.29, 0.717) is 11.8 Å². The van der Waals surface area contributed by atoms with E-state index in [1.165, 1.54) is 49.8 Å². The summed E-state index contributed by atoms with van der Waals surface area (Å²) in [6.45, 7) is 22.3.